The predicted molar refractivity (Wildman–Crippen MR) is 95.3 cm³/mol. The Morgan fingerprint density at radius 2 is 1.88 bits per heavy atom. The second kappa shape index (κ2) is 7.80. The third kappa shape index (κ3) is 4.17. The van der Waals surface area contributed by atoms with Gasteiger partial charge in [-0.15, -0.1) is 0 Å². The Kier molecular flexibility index (Phi) is 5.49. The number of esters is 1. The molecule has 0 fully saturated rings. The molecule has 0 atom stereocenters. The molecule has 2 aromatic rings. The number of fused-ring (bicyclic) bond motifs is 1. The minimum atomic E-state index is -0.663. The van der Waals surface area contributed by atoms with Crippen molar-refractivity contribution in [1.82, 2.24) is 4.98 Å². The van der Waals surface area contributed by atoms with Gasteiger partial charge in [-0.1, -0.05) is 23.2 Å². The molecule has 7 nitrogen and oxygen atoms in total. The number of amides is 1. The molecule has 136 valence electrons. The third-order valence-corrected chi connectivity index (χ3v) is 4.15. The van der Waals surface area contributed by atoms with E-state index in [1.807, 2.05) is 0 Å². The third-order valence-electron chi connectivity index (χ3n) is 3.47. The molecule has 0 spiro atoms. The van der Waals surface area contributed by atoms with E-state index in [1.165, 1.54) is 18.2 Å². The van der Waals surface area contributed by atoms with Crippen LogP contribution in [-0.4, -0.2) is 36.7 Å². The molecule has 9 heteroatoms. The van der Waals surface area contributed by atoms with Crippen molar-refractivity contribution < 1.29 is 23.8 Å². The van der Waals surface area contributed by atoms with Gasteiger partial charge in [-0.25, -0.2) is 9.78 Å². The summed E-state index contributed by atoms with van der Waals surface area (Å²) < 4.78 is 15.8. The van der Waals surface area contributed by atoms with Gasteiger partial charge in [0.25, 0.3) is 5.91 Å². The van der Waals surface area contributed by atoms with E-state index in [0.717, 1.165) is 0 Å². The number of rotatable bonds is 4. The minimum Gasteiger partial charge on any atom is -0.486 e. The van der Waals surface area contributed by atoms with Gasteiger partial charge in [0.1, 0.15) is 13.2 Å². The van der Waals surface area contributed by atoms with Gasteiger partial charge >= 0.3 is 5.97 Å². The van der Waals surface area contributed by atoms with Gasteiger partial charge < -0.3 is 19.5 Å². The smallest absolute Gasteiger partial charge is 0.338 e. The van der Waals surface area contributed by atoms with Crippen LogP contribution in [0.2, 0.25) is 10.0 Å². The number of aryl methyl sites for hydroxylation is 1. The first-order chi connectivity index (χ1) is 12.4. The van der Waals surface area contributed by atoms with Crippen molar-refractivity contribution in [3.63, 3.8) is 0 Å². The molecule has 0 unspecified atom stereocenters. The number of nitrogens with zero attached hydrogens (tertiary/aromatic N) is 1. The summed E-state index contributed by atoms with van der Waals surface area (Å²) in [5, 5.41) is 3.05. The molecule has 0 saturated carbocycles. The Balaban J connectivity index is 1.59. The van der Waals surface area contributed by atoms with E-state index in [1.54, 1.807) is 13.0 Å². The fourth-order valence-corrected chi connectivity index (χ4v) is 2.60. The van der Waals surface area contributed by atoms with Gasteiger partial charge in [0.2, 0.25) is 0 Å². The molecule has 1 amide bonds. The van der Waals surface area contributed by atoms with Crippen molar-refractivity contribution >= 4 is 40.9 Å². The molecule has 1 aromatic heterocycles. The fraction of sp³-hybridized carbons (Fsp3) is 0.235. The van der Waals surface area contributed by atoms with Gasteiger partial charge in [0, 0.05) is 0 Å². The largest absolute Gasteiger partial charge is 0.486 e. The number of ether oxygens (including phenoxy) is 3. The molecule has 0 radical (unpaired) electrons. The summed E-state index contributed by atoms with van der Waals surface area (Å²) in [7, 11) is 0. The van der Waals surface area contributed by atoms with Crippen molar-refractivity contribution in [2.75, 3.05) is 25.1 Å². The number of nitrogens with one attached hydrogen (secondary N) is 1. The van der Waals surface area contributed by atoms with E-state index in [0.29, 0.717) is 35.4 Å². The second-order valence-electron chi connectivity index (χ2n) is 5.37. The van der Waals surface area contributed by atoms with Crippen LogP contribution in [0, 0.1) is 6.92 Å². The highest BCUT2D eigenvalue weighted by Crippen LogP contribution is 2.31. The predicted octanol–water partition coefficient (Wildman–Crippen LogP) is 3.26. The summed E-state index contributed by atoms with van der Waals surface area (Å²) in [5.41, 5.74) is 0.764. The number of carbonyl (C=O) groups is 2. The molecule has 0 bridgehead atoms. The van der Waals surface area contributed by atoms with Crippen LogP contribution in [0.1, 0.15) is 16.1 Å². The Bertz CT molecular complexity index is 872. The van der Waals surface area contributed by atoms with E-state index >= 15 is 0 Å². The molecule has 0 aliphatic carbocycles. The van der Waals surface area contributed by atoms with E-state index < -0.39 is 18.5 Å². The molecular weight excluding hydrogens is 383 g/mol. The maximum atomic E-state index is 12.1. The van der Waals surface area contributed by atoms with Crippen molar-refractivity contribution in [3.8, 4) is 11.5 Å². The molecule has 1 N–H and O–H groups in total. The van der Waals surface area contributed by atoms with Gasteiger partial charge in [0.05, 0.1) is 21.3 Å². The summed E-state index contributed by atoms with van der Waals surface area (Å²) in [6.45, 7) is 2.04. The van der Waals surface area contributed by atoms with E-state index in [2.05, 4.69) is 10.3 Å². The molecule has 0 saturated heterocycles. The van der Waals surface area contributed by atoms with E-state index in [-0.39, 0.29) is 16.4 Å². The summed E-state index contributed by atoms with van der Waals surface area (Å²) in [6.07, 6.45) is 0. The van der Waals surface area contributed by atoms with Crippen LogP contribution in [0.15, 0.2) is 24.3 Å². The number of anilines is 1. The second-order valence-corrected chi connectivity index (χ2v) is 6.18. The average Bonchev–Trinajstić information content (AvgIpc) is 2.63. The average molecular weight is 397 g/mol. The number of aromatic nitrogens is 1. The SMILES string of the molecule is Cc1nc(NC(=O)COC(=O)c2ccc3c(c2)OCCO3)c(Cl)cc1Cl. The first-order valence-corrected chi connectivity index (χ1v) is 8.39. The summed E-state index contributed by atoms with van der Waals surface area (Å²) >= 11 is 11.9. The van der Waals surface area contributed by atoms with Crippen LogP contribution in [-0.2, 0) is 9.53 Å². The molecule has 3 rings (SSSR count). The van der Waals surface area contributed by atoms with Crippen LogP contribution in [0.4, 0.5) is 5.82 Å². The lowest BCUT2D eigenvalue weighted by molar-refractivity contribution is -0.119. The Labute approximate surface area is 159 Å². The number of hydrogen-bond donors (Lipinski definition) is 1. The maximum absolute atomic E-state index is 12.1. The Morgan fingerprint density at radius 3 is 2.65 bits per heavy atom. The van der Waals surface area contributed by atoms with Crippen molar-refractivity contribution in [3.05, 3.63) is 45.6 Å². The first kappa shape index (κ1) is 18.3. The molecule has 1 aromatic carbocycles. The number of hydrogen-bond acceptors (Lipinski definition) is 6. The molecule has 1 aliphatic rings. The number of carbonyl (C=O) groups excluding carboxylic acids is 2. The highest BCUT2D eigenvalue weighted by molar-refractivity contribution is 6.36. The molecule has 2 heterocycles. The Hall–Kier alpha value is -2.51. The van der Waals surface area contributed by atoms with Crippen LogP contribution >= 0.6 is 23.2 Å². The number of benzene rings is 1. The van der Waals surface area contributed by atoms with Gasteiger partial charge in [-0.05, 0) is 31.2 Å². The zero-order valence-corrected chi connectivity index (χ0v) is 15.2. The monoisotopic (exact) mass is 396 g/mol. The van der Waals surface area contributed by atoms with Crippen LogP contribution in [0.25, 0.3) is 0 Å². The van der Waals surface area contributed by atoms with Gasteiger partial charge in [-0.3, -0.25) is 4.79 Å². The lowest BCUT2D eigenvalue weighted by atomic mass is 10.2. The molecular formula is C17H14Cl2N2O5. The quantitative estimate of drug-likeness (QED) is 0.797. The van der Waals surface area contributed by atoms with E-state index in [4.69, 9.17) is 37.4 Å². The zero-order chi connectivity index (χ0) is 18.7. The van der Waals surface area contributed by atoms with Crippen LogP contribution in [0.5, 0.6) is 11.5 Å². The van der Waals surface area contributed by atoms with Gasteiger partial charge in [-0.2, -0.15) is 0 Å². The van der Waals surface area contributed by atoms with E-state index in [9.17, 15) is 9.59 Å². The zero-order valence-electron chi connectivity index (χ0n) is 13.7. The topological polar surface area (TPSA) is 86.8 Å². The normalized spacial score (nSPS) is 12.4. The minimum absolute atomic E-state index is 0.147. The molecule has 1 aliphatic heterocycles. The first-order valence-electron chi connectivity index (χ1n) is 7.63. The number of halogens is 2. The standard InChI is InChI=1S/C17H14Cl2N2O5/c1-9-11(18)7-12(19)16(20-9)21-15(22)8-26-17(23)10-2-3-13-14(6-10)25-5-4-24-13/h2-3,6-7H,4-5,8H2,1H3,(H,20,21,22). The lowest BCUT2D eigenvalue weighted by Gasteiger charge is -2.18. The Morgan fingerprint density at radius 1 is 1.15 bits per heavy atom. The summed E-state index contributed by atoms with van der Waals surface area (Å²) in [4.78, 5) is 28.1. The van der Waals surface area contributed by atoms with Crippen molar-refractivity contribution in [2.24, 2.45) is 0 Å². The molecule has 26 heavy (non-hydrogen) atoms. The fourth-order valence-electron chi connectivity index (χ4n) is 2.20. The summed E-state index contributed by atoms with van der Waals surface area (Å²) in [6, 6.07) is 6.14. The van der Waals surface area contributed by atoms with Crippen LogP contribution in [0.3, 0.4) is 0 Å². The summed E-state index contributed by atoms with van der Waals surface area (Å²) in [5.74, 6) is -0.0726. The lowest BCUT2D eigenvalue weighted by Crippen LogP contribution is -2.22. The number of pyridine rings is 1. The van der Waals surface area contributed by atoms with Gasteiger partial charge in [0.15, 0.2) is 23.9 Å². The van der Waals surface area contributed by atoms with Crippen molar-refractivity contribution in [2.45, 2.75) is 6.92 Å². The van der Waals surface area contributed by atoms with Crippen molar-refractivity contribution in [1.29, 1.82) is 0 Å². The highest BCUT2D eigenvalue weighted by atomic mass is 35.5. The maximum Gasteiger partial charge on any atom is 0.338 e. The highest BCUT2D eigenvalue weighted by Gasteiger charge is 2.17. The van der Waals surface area contributed by atoms with Crippen LogP contribution < -0.4 is 14.8 Å².